The molecule has 0 aromatic heterocycles. The van der Waals surface area contributed by atoms with Crippen LogP contribution >= 0.6 is 24.0 Å². The molecular formula is C17H25N3O2S2. The molecule has 3 N–H and O–H groups in total. The van der Waals surface area contributed by atoms with Crippen LogP contribution in [0.2, 0.25) is 0 Å². The van der Waals surface area contributed by atoms with Crippen LogP contribution in [-0.2, 0) is 4.79 Å². The Hall–Kier alpha value is -1.47. The van der Waals surface area contributed by atoms with E-state index in [0.29, 0.717) is 5.69 Å². The van der Waals surface area contributed by atoms with Crippen molar-refractivity contribution in [3.63, 3.8) is 0 Å². The number of carbonyl (C=O) groups excluding carboxylic acids is 1. The summed E-state index contributed by atoms with van der Waals surface area (Å²) >= 11 is 7.26. The number of carbonyl (C=O) groups is 1. The van der Waals surface area contributed by atoms with Crippen molar-refractivity contribution in [2.24, 2.45) is 5.92 Å². The number of thiocarbonyl (C=S) groups is 1. The fourth-order valence-corrected chi connectivity index (χ4v) is 3.40. The van der Waals surface area contributed by atoms with Crippen LogP contribution in [0.3, 0.4) is 0 Å². The van der Waals surface area contributed by atoms with Gasteiger partial charge in [-0.2, -0.15) is 11.8 Å². The Morgan fingerprint density at radius 2 is 2.08 bits per heavy atom. The standard InChI is InChI=1S/C17H25N3O2S2/c1-24-12-4-9-18-17(23)20-10-7-13(8-11-20)16(22)19-14-5-2-3-6-15(14)21/h2-3,5-6,13,21H,4,7-12H2,1H3,(H,18,23)(H,19,22). The van der Waals surface area contributed by atoms with Gasteiger partial charge in [-0.15, -0.1) is 0 Å². The molecule has 0 unspecified atom stereocenters. The lowest BCUT2D eigenvalue weighted by atomic mass is 9.96. The minimum atomic E-state index is -0.0415. The van der Waals surface area contributed by atoms with E-state index in [2.05, 4.69) is 21.8 Å². The molecule has 1 aromatic carbocycles. The number of phenols is 1. The second-order valence-corrected chi connectivity index (χ2v) is 7.22. The number of para-hydroxylation sites is 2. The Kier molecular flexibility index (Phi) is 7.65. The molecule has 1 amide bonds. The lowest BCUT2D eigenvalue weighted by molar-refractivity contribution is -0.121. The zero-order valence-electron chi connectivity index (χ0n) is 14.0. The summed E-state index contributed by atoms with van der Waals surface area (Å²) in [6.07, 6.45) is 4.74. The molecule has 5 nitrogen and oxygen atoms in total. The van der Waals surface area contributed by atoms with E-state index in [1.165, 1.54) is 0 Å². The third-order valence-electron chi connectivity index (χ3n) is 4.12. The quantitative estimate of drug-likeness (QED) is 0.408. The summed E-state index contributed by atoms with van der Waals surface area (Å²) in [5, 5.41) is 16.6. The molecule has 0 bridgehead atoms. The highest BCUT2D eigenvalue weighted by Crippen LogP contribution is 2.24. The number of thioether (sulfide) groups is 1. The van der Waals surface area contributed by atoms with Gasteiger partial charge in [-0.1, -0.05) is 12.1 Å². The second-order valence-electron chi connectivity index (χ2n) is 5.85. The van der Waals surface area contributed by atoms with Crippen LogP contribution in [0, 0.1) is 5.92 Å². The normalized spacial score (nSPS) is 15.1. The number of nitrogens with one attached hydrogen (secondary N) is 2. The Balaban J connectivity index is 1.75. The number of piperidine rings is 1. The average molecular weight is 368 g/mol. The summed E-state index contributed by atoms with van der Waals surface area (Å²) in [5.41, 5.74) is 0.468. The van der Waals surface area contributed by atoms with Gasteiger partial charge in [0, 0.05) is 25.6 Å². The van der Waals surface area contributed by atoms with Crippen molar-refractivity contribution in [3.8, 4) is 5.75 Å². The van der Waals surface area contributed by atoms with E-state index >= 15 is 0 Å². The fraction of sp³-hybridized carbons (Fsp3) is 0.529. The first-order valence-corrected chi connectivity index (χ1v) is 10.0. The number of aromatic hydroxyl groups is 1. The molecule has 1 heterocycles. The molecule has 1 aliphatic rings. The summed E-state index contributed by atoms with van der Waals surface area (Å²) in [5.74, 6) is 1.15. The van der Waals surface area contributed by atoms with Gasteiger partial charge in [0.25, 0.3) is 0 Å². The van der Waals surface area contributed by atoms with Crippen molar-refractivity contribution in [2.75, 3.05) is 37.0 Å². The maximum atomic E-state index is 12.3. The van der Waals surface area contributed by atoms with Crippen LogP contribution in [0.25, 0.3) is 0 Å². The third-order valence-corrected chi connectivity index (χ3v) is 5.22. The number of anilines is 1. The molecule has 0 saturated carbocycles. The van der Waals surface area contributed by atoms with Crippen LogP contribution in [0.4, 0.5) is 5.69 Å². The Labute approximate surface area is 153 Å². The minimum Gasteiger partial charge on any atom is -0.506 e. The monoisotopic (exact) mass is 367 g/mol. The number of phenolic OH excluding ortho intramolecular Hbond substituents is 1. The van der Waals surface area contributed by atoms with Crippen molar-refractivity contribution in [2.45, 2.75) is 19.3 Å². The molecule has 0 spiro atoms. The van der Waals surface area contributed by atoms with Crippen LogP contribution < -0.4 is 10.6 Å². The van der Waals surface area contributed by atoms with Crippen molar-refractivity contribution < 1.29 is 9.90 Å². The first kappa shape index (κ1) is 18.9. The van der Waals surface area contributed by atoms with E-state index in [0.717, 1.165) is 49.8 Å². The van der Waals surface area contributed by atoms with Gasteiger partial charge in [-0.05, 0) is 55.6 Å². The number of likely N-dealkylation sites (tertiary alicyclic amines) is 1. The Morgan fingerprint density at radius 1 is 1.38 bits per heavy atom. The van der Waals surface area contributed by atoms with Gasteiger partial charge in [-0.25, -0.2) is 0 Å². The molecule has 24 heavy (non-hydrogen) atoms. The number of rotatable bonds is 6. The zero-order chi connectivity index (χ0) is 17.4. The van der Waals surface area contributed by atoms with E-state index < -0.39 is 0 Å². The molecule has 7 heteroatoms. The van der Waals surface area contributed by atoms with E-state index in [4.69, 9.17) is 12.2 Å². The van der Waals surface area contributed by atoms with Crippen molar-refractivity contribution in [1.29, 1.82) is 0 Å². The largest absolute Gasteiger partial charge is 0.506 e. The molecule has 132 valence electrons. The molecular weight excluding hydrogens is 342 g/mol. The molecule has 1 aliphatic heterocycles. The van der Waals surface area contributed by atoms with E-state index in [-0.39, 0.29) is 17.6 Å². The minimum absolute atomic E-state index is 0.0324. The third kappa shape index (κ3) is 5.56. The average Bonchev–Trinajstić information content (AvgIpc) is 2.60. The molecule has 2 rings (SSSR count). The van der Waals surface area contributed by atoms with Crippen molar-refractivity contribution >= 4 is 40.7 Å². The Morgan fingerprint density at radius 3 is 2.75 bits per heavy atom. The lowest BCUT2D eigenvalue weighted by Crippen LogP contribution is -2.46. The van der Waals surface area contributed by atoms with Crippen molar-refractivity contribution in [3.05, 3.63) is 24.3 Å². The topological polar surface area (TPSA) is 64.6 Å². The van der Waals surface area contributed by atoms with Crippen LogP contribution in [0.5, 0.6) is 5.75 Å². The summed E-state index contributed by atoms with van der Waals surface area (Å²) in [4.78, 5) is 14.5. The van der Waals surface area contributed by atoms with Gasteiger partial charge in [0.15, 0.2) is 5.11 Å². The molecule has 0 aliphatic carbocycles. The highest BCUT2D eigenvalue weighted by atomic mass is 32.2. The fourth-order valence-electron chi connectivity index (χ4n) is 2.68. The molecule has 0 radical (unpaired) electrons. The van der Waals surface area contributed by atoms with E-state index in [1.807, 2.05) is 11.8 Å². The highest BCUT2D eigenvalue weighted by molar-refractivity contribution is 7.98. The van der Waals surface area contributed by atoms with Gasteiger partial charge >= 0.3 is 0 Å². The predicted molar refractivity (Wildman–Crippen MR) is 105 cm³/mol. The SMILES string of the molecule is CSCCCNC(=S)N1CCC(C(=O)Nc2ccccc2O)CC1. The molecule has 0 atom stereocenters. The van der Waals surface area contributed by atoms with Gasteiger partial charge in [0.2, 0.25) is 5.91 Å². The molecule has 1 aromatic rings. The molecule has 1 fully saturated rings. The smallest absolute Gasteiger partial charge is 0.227 e. The first-order valence-electron chi connectivity index (χ1n) is 8.22. The summed E-state index contributed by atoms with van der Waals surface area (Å²) in [6.45, 7) is 2.47. The maximum Gasteiger partial charge on any atom is 0.227 e. The van der Waals surface area contributed by atoms with E-state index in [1.54, 1.807) is 24.3 Å². The Bertz CT molecular complexity index is 561. The van der Waals surface area contributed by atoms with Crippen LogP contribution in [0.1, 0.15) is 19.3 Å². The van der Waals surface area contributed by atoms with Crippen molar-refractivity contribution in [1.82, 2.24) is 10.2 Å². The lowest BCUT2D eigenvalue weighted by Gasteiger charge is -2.33. The zero-order valence-corrected chi connectivity index (χ0v) is 15.6. The number of hydrogen-bond acceptors (Lipinski definition) is 4. The van der Waals surface area contributed by atoms with Gasteiger partial charge in [-0.3, -0.25) is 4.79 Å². The highest BCUT2D eigenvalue weighted by Gasteiger charge is 2.26. The summed E-state index contributed by atoms with van der Waals surface area (Å²) in [6, 6.07) is 6.80. The van der Waals surface area contributed by atoms with Gasteiger partial charge in [0.1, 0.15) is 5.75 Å². The number of amides is 1. The summed E-state index contributed by atoms with van der Waals surface area (Å²) in [7, 11) is 0. The molecule has 1 saturated heterocycles. The number of benzene rings is 1. The maximum absolute atomic E-state index is 12.3. The van der Waals surface area contributed by atoms with Crippen LogP contribution in [0.15, 0.2) is 24.3 Å². The van der Waals surface area contributed by atoms with E-state index in [9.17, 15) is 9.90 Å². The predicted octanol–water partition coefficient (Wildman–Crippen LogP) is 2.67. The summed E-state index contributed by atoms with van der Waals surface area (Å²) < 4.78 is 0. The van der Waals surface area contributed by atoms with Gasteiger partial charge < -0.3 is 20.6 Å². The van der Waals surface area contributed by atoms with Crippen LogP contribution in [-0.4, -0.2) is 52.7 Å². The first-order chi connectivity index (χ1) is 11.6. The number of hydrogen-bond donors (Lipinski definition) is 3. The number of nitrogens with zero attached hydrogens (tertiary/aromatic N) is 1. The second kappa shape index (κ2) is 9.74. The van der Waals surface area contributed by atoms with Gasteiger partial charge in [0.05, 0.1) is 5.69 Å².